The number of benzene rings is 1. The largest absolute Gasteiger partial charge is 0.492 e. The topological polar surface area (TPSA) is 55.4 Å². The zero-order valence-corrected chi connectivity index (χ0v) is 19.9. The van der Waals surface area contributed by atoms with Gasteiger partial charge in [-0.1, -0.05) is 85.1 Å². The Bertz CT molecular complexity index is 683. The molecule has 0 aliphatic carbocycles. The molecule has 0 heterocycles. The van der Waals surface area contributed by atoms with Crippen LogP contribution in [0.3, 0.4) is 0 Å². The molecule has 5 heteroatoms. The van der Waals surface area contributed by atoms with Crippen molar-refractivity contribution in [3.8, 4) is 5.75 Å². The van der Waals surface area contributed by atoms with Crippen molar-refractivity contribution in [1.29, 1.82) is 0 Å². The average molecular weight is 425 g/mol. The minimum Gasteiger partial charge on any atom is -0.492 e. The van der Waals surface area contributed by atoms with Gasteiger partial charge < -0.3 is 4.74 Å². The molecule has 1 N–H and O–H groups in total. The van der Waals surface area contributed by atoms with E-state index < -0.39 is 10.0 Å². The van der Waals surface area contributed by atoms with Crippen molar-refractivity contribution in [2.45, 2.75) is 102 Å². The predicted octanol–water partition coefficient (Wildman–Crippen LogP) is 6.40. The van der Waals surface area contributed by atoms with Crippen molar-refractivity contribution < 1.29 is 13.2 Å². The number of hydrogen-bond acceptors (Lipinski definition) is 3. The van der Waals surface area contributed by atoms with Gasteiger partial charge in [-0.05, 0) is 42.9 Å². The molecule has 4 nitrogen and oxygen atoms in total. The van der Waals surface area contributed by atoms with Crippen molar-refractivity contribution >= 4 is 10.0 Å². The number of nitrogens with one attached hydrogen (secondary N) is 1. The van der Waals surface area contributed by atoms with Crippen LogP contribution in [0.4, 0.5) is 0 Å². The molecule has 0 amide bonds. The molecule has 0 saturated heterocycles. The molecule has 0 spiro atoms. The summed E-state index contributed by atoms with van der Waals surface area (Å²) in [7, 11) is -3.64. The summed E-state index contributed by atoms with van der Waals surface area (Å²) in [5.74, 6) is 0.438. The van der Waals surface area contributed by atoms with E-state index in [9.17, 15) is 8.42 Å². The lowest BCUT2D eigenvalue weighted by atomic mass is 9.80. The van der Waals surface area contributed by atoms with E-state index in [-0.39, 0.29) is 16.9 Å². The Morgan fingerprint density at radius 1 is 0.966 bits per heavy atom. The van der Waals surface area contributed by atoms with Crippen LogP contribution in [-0.4, -0.2) is 21.6 Å². The molecule has 0 fully saturated rings. The quantitative estimate of drug-likeness (QED) is 0.313. The second-order valence-electron chi connectivity index (χ2n) is 8.52. The van der Waals surface area contributed by atoms with E-state index >= 15 is 0 Å². The normalized spacial score (nSPS) is 12.3. The third-order valence-corrected chi connectivity index (χ3v) is 6.95. The maximum Gasteiger partial charge on any atom is 0.244 e. The van der Waals surface area contributed by atoms with Gasteiger partial charge in [-0.25, -0.2) is 13.1 Å². The summed E-state index contributed by atoms with van der Waals surface area (Å²) >= 11 is 0. The lowest BCUT2D eigenvalue weighted by molar-refractivity contribution is 0.296. The molecule has 1 radical (unpaired) electrons. The lowest BCUT2D eigenvalue weighted by Gasteiger charge is -2.26. The highest BCUT2D eigenvalue weighted by Gasteiger charge is 2.25. The minimum absolute atomic E-state index is 0.0816. The SMILES string of the molecule is [CH2]CNS(=O)(=O)c1cc(C(C)(C)CCCCC)ccc1OCCCCCCCC. The highest BCUT2D eigenvalue weighted by atomic mass is 32.2. The molecular formula is C24H42NO3S. The van der Waals surface area contributed by atoms with E-state index in [1.807, 2.05) is 12.1 Å². The van der Waals surface area contributed by atoms with Gasteiger partial charge in [0.2, 0.25) is 10.0 Å². The number of unbranched alkanes of at least 4 members (excludes halogenated alkanes) is 7. The van der Waals surface area contributed by atoms with Crippen LogP contribution >= 0.6 is 0 Å². The van der Waals surface area contributed by atoms with Crippen molar-refractivity contribution in [2.24, 2.45) is 0 Å². The second-order valence-corrected chi connectivity index (χ2v) is 10.3. The third-order valence-electron chi connectivity index (χ3n) is 5.47. The summed E-state index contributed by atoms with van der Waals surface area (Å²) in [6.45, 7) is 13.0. The van der Waals surface area contributed by atoms with Crippen LogP contribution in [-0.2, 0) is 15.4 Å². The number of ether oxygens (including phenoxy) is 1. The Morgan fingerprint density at radius 2 is 1.59 bits per heavy atom. The Hall–Kier alpha value is -1.07. The molecule has 0 aliphatic heterocycles. The molecule has 1 rings (SSSR count). The maximum absolute atomic E-state index is 12.8. The van der Waals surface area contributed by atoms with Gasteiger partial charge in [-0.2, -0.15) is 0 Å². The highest BCUT2D eigenvalue weighted by molar-refractivity contribution is 7.89. The first-order valence-electron chi connectivity index (χ1n) is 11.3. The Morgan fingerprint density at radius 3 is 2.24 bits per heavy atom. The van der Waals surface area contributed by atoms with E-state index in [2.05, 4.69) is 39.3 Å². The third kappa shape index (κ3) is 9.08. The van der Waals surface area contributed by atoms with E-state index in [1.165, 1.54) is 38.5 Å². The molecule has 0 bridgehead atoms. The average Bonchev–Trinajstić information content (AvgIpc) is 2.67. The van der Waals surface area contributed by atoms with Gasteiger partial charge in [-0.3, -0.25) is 0 Å². The fraction of sp³-hybridized carbons (Fsp3) is 0.708. The van der Waals surface area contributed by atoms with Gasteiger partial charge in [-0.15, -0.1) is 0 Å². The first kappa shape index (κ1) is 26.0. The second kappa shape index (κ2) is 13.3. The Balaban J connectivity index is 2.93. The summed E-state index contributed by atoms with van der Waals surface area (Å²) in [5.41, 5.74) is 0.951. The summed E-state index contributed by atoms with van der Waals surface area (Å²) < 4.78 is 34.0. The monoisotopic (exact) mass is 424 g/mol. The Kier molecular flexibility index (Phi) is 11.9. The van der Waals surface area contributed by atoms with Gasteiger partial charge in [0, 0.05) is 6.54 Å². The fourth-order valence-electron chi connectivity index (χ4n) is 3.50. The van der Waals surface area contributed by atoms with Gasteiger partial charge in [0.25, 0.3) is 0 Å². The highest BCUT2D eigenvalue weighted by Crippen LogP contribution is 2.34. The van der Waals surface area contributed by atoms with Crippen molar-refractivity contribution in [3.63, 3.8) is 0 Å². The van der Waals surface area contributed by atoms with Gasteiger partial charge in [0.05, 0.1) is 6.61 Å². The van der Waals surface area contributed by atoms with Crippen LogP contribution in [0.25, 0.3) is 0 Å². The summed E-state index contributed by atoms with van der Waals surface area (Å²) in [4.78, 5) is 0.230. The first-order chi connectivity index (χ1) is 13.8. The zero-order chi connectivity index (χ0) is 21.8. The van der Waals surface area contributed by atoms with E-state index in [1.54, 1.807) is 6.07 Å². The summed E-state index contributed by atoms with van der Waals surface area (Å²) in [5, 5.41) is 0. The number of sulfonamides is 1. The van der Waals surface area contributed by atoms with E-state index in [0.717, 1.165) is 31.2 Å². The fourth-order valence-corrected chi connectivity index (χ4v) is 4.59. The van der Waals surface area contributed by atoms with Crippen LogP contribution in [0.2, 0.25) is 0 Å². The van der Waals surface area contributed by atoms with E-state index in [4.69, 9.17) is 4.74 Å². The summed E-state index contributed by atoms with van der Waals surface area (Å²) in [6.07, 6.45) is 11.6. The molecular weight excluding hydrogens is 382 g/mol. The van der Waals surface area contributed by atoms with Crippen molar-refractivity contribution in [3.05, 3.63) is 30.7 Å². The van der Waals surface area contributed by atoms with E-state index in [0.29, 0.717) is 12.4 Å². The molecule has 29 heavy (non-hydrogen) atoms. The number of hydrogen-bond donors (Lipinski definition) is 1. The van der Waals surface area contributed by atoms with Crippen LogP contribution in [0.1, 0.15) is 97.5 Å². The van der Waals surface area contributed by atoms with Gasteiger partial charge in [0.15, 0.2) is 0 Å². The van der Waals surface area contributed by atoms with Gasteiger partial charge >= 0.3 is 0 Å². The lowest BCUT2D eigenvalue weighted by Crippen LogP contribution is -2.25. The molecule has 1 aromatic rings. The molecule has 167 valence electrons. The zero-order valence-electron chi connectivity index (χ0n) is 19.1. The van der Waals surface area contributed by atoms with Crippen LogP contribution in [0.5, 0.6) is 5.75 Å². The van der Waals surface area contributed by atoms with Crippen molar-refractivity contribution in [2.75, 3.05) is 13.2 Å². The predicted molar refractivity (Wildman–Crippen MR) is 123 cm³/mol. The minimum atomic E-state index is -3.64. The standard InChI is InChI=1S/C24H42NO3S/c1-6-9-11-12-13-15-19-28-22-17-16-21(24(4,5)18-14-10-7-2)20-23(22)29(26,27)25-8-3/h16-17,20,25H,3,6-15,18-19H2,1-2,4-5H3. The molecule has 0 aliphatic rings. The molecule has 0 unspecified atom stereocenters. The molecule has 1 aromatic carbocycles. The molecule has 0 atom stereocenters. The van der Waals surface area contributed by atoms with Crippen LogP contribution in [0, 0.1) is 6.92 Å². The number of rotatable bonds is 16. The smallest absolute Gasteiger partial charge is 0.244 e. The maximum atomic E-state index is 12.8. The van der Waals surface area contributed by atoms with Crippen LogP contribution < -0.4 is 9.46 Å². The Labute approximate surface area is 179 Å². The van der Waals surface area contributed by atoms with Crippen LogP contribution in [0.15, 0.2) is 23.1 Å². The van der Waals surface area contributed by atoms with Crippen molar-refractivity contribution in [1.82, 2.24) is 4.72 Å². The van der Waals surface area contributed by atoms with Gasteiger partial charge in [0.1, 0.15) is 10.6 Å². The summed E-state index contributed by atoms with van der Waals surface area (Å²) in [6, 6.07) is 5.64. The first-order valence-corrected chi connectivity index (χ1v) is 12.8. The molecule has 0 saturated carbocycles. The molecule has 0 aromatic heterocycles.